The number of nitrogens with zero attached hydrogens (tertiary/aromatic N) is 5. The lowest BCUT2D eigenvalue weighted by Gasteiger charge is -2.28. The Hall–Kier alpha value is -4.19. The summed E-state index contributed by atoms with van der Waals surface area (Å²) in [6.07, 6.45) is 9.73. The first-order valence-corrected chi connectivity index (χ1v) is 11.4. The summed E-state index contributed by atoms with van der Waals surface area (Å²) in [5, 5.41) is 13.5. The molecule has 4 heterocycles. The van der Waals surface area contributed by atoms with Gasteiger partial charge >= 0.3 is 6.01 Å². The van der Waals surface area contributed by atoms with E-state index in [4.69, 9.17) is 9.15 Å². The van der Waals surface area contributed by atoms with Crippen molar-refractivity contribution in [1.29, 1.82) is 0 Å². The predicted octanol–water partition coefficient (Wildman–Crippen LogP) is 2.34. The third-order valence-electron chi connectivity index (χ3n) is 6.10. The second-order valence-corrected chi connectivity index (χ2v) is 8.30. The normalized spacial score (nSPS) is 17.9. The van der Waals surface area contributed by atoms with Crippen molar-refractivity contribution in [2.24, 2.45) is 0 Å². The Morgan fingerprint density at radius 2 is 2.20 bits per heavy atom. The number of rotatable bonds is 7. The number of oxazole rings is 1. The Bertz CT molecular complexity index is 1390. The maximum atomic E-state index is 13.1. The highest BCUT2D eigenvalue weighted by atomic mass is 16.5. The summed E-state index contributed by atoms with van der Waals surface area (Å²) >= 11 is 0. The van der Waals surface area contributed by atoms with Gasteiger partial charge in [-0.2, -0.15) is 9.61 Å². The van der Waals surface area contributed by atoms with Gasteiger partial charge in [0.15, 0.2) is 5.65 Å². The minimum atomic E-state index is -0.362. The van der Waals surface area contributed by atoms with E-state index in [1.807, 2.05) is 0 Å². The first-order valence-electron chi connectivity index (χ1n) is 11.4. The van der Waals surface area contributed by atoms with Crippen molar-refractivity contribution in [2.75, 3.05) is 24.8 Å². The molecule has 3 N–H and O–H groups in total. The second kappa shape index (κ2) is 9.58. The summed E-state index contributed by atoms with van der Waals surface area (Å²) in [6, 6.07) is 5.21. The number of amides is 1. The molecular weight excluding hydrogens is 452 g/mol. The standard InChI is InChI=1S/C23H26N8O4/c1-24-19-12-18(28-17-7-4-9-30(22(17)33)23-25-8-10-35-23)29-20-16(13-26-31(19)20)21(32)27-14-5-3-6-15(11-14)34-2/h4,7-10,12-15,24H,3,5-6,11H2,1-2H3,(H,27,32)(H,28,29)/t14-,15-/m1/s1. The fourth-order valence-corrected chi connectivity index (χ4v) is 4.33. The first kappa shape index (κ1) is 22.6. The van der Waals surface area contributed by atoms with Crippen molar-refractivity contribution in [3.8, 4) is 6.01 Å². The van der Waals surface area contributed by atoms with Crippen LogP contribution in [0.25, 0.3) is 11.7 Å². The number of carbonyl (C=O) groups excluding carboxylic acids is 1. The largest absolute Gasteiger partial charge is 0.432 e. The van der Waals surface area contributed by atoms with Crippen molar-refractivity contribution in [3.05, 3.63) is 59.0 Å². The zero-order valence-corrected chi connectivity index (χ0v) is 19.4. The molecule has 1 fully saturated rings. The molecular formula is C23H26N8O4. The number of pyridine rings is 1. The van der Waals surface area contributed by atoms with Gasteiger partial charge < -0.3 is 25.1 Å². The summed E-state index contributed by atoms with van der Waals surface area (Å²) in [7, 11) is 3.44. The summed E-state index contributed by atoms with van der Waals surface area (Å²) in [6.45, 7) is 0. The van der Waals surface area contributed by atoms with Crippen LogP contribution >= 0.6 is 0 Å². The van der Waals surface area contributed by atoms with Gasteiger partial charge in [-0.1, -0.05) is 0 Å². The van der Waals surface area contributed by atoms with Crippen LogP contribution in [0.1, 0.15) is 36.0 Å². The number of fused-ring (bicyclic) bond motifs is 1. The van der Waals surface area contributed by atoms with Crippen molar-refractivity contribution >= 4 is 28.9 Å². The highest BCUT2D eigenvalue weighted by molar-refractivity contribution is 6.00. The molecule has 5 rings (SSSR count). The van der Waals surface area contributed by atoms with Crippen LogP contribution in [0, 0.1) is 0 Å². The number of methoxy groups -OCH3 is 1. The maximum absolute atomic E-state index is 13.1. The van der Waals surface area contributed by atoms with E-state index in [-0.39, 0.29) is 35.3 Å². The maximum Gasteiger partial charge on any atom is 0.308 e. The summed E-state index contributed by atoms with van der Waals surface area (Å²) in [5.74, 6) is 0.716. The Morgan fingerprint density at radius 3 is 2.97 bits per heavy atom. The average molecular weight is 479 g/mol. The SMILES string of the molecule is CNc1cc(Nc2cccn(-c3ncco3)c2=O)nc2c(C(=O)N[C@@H]3CCC[C@@H](OC)C3)cnn12. The summed E-state index contributed by atoms with van der Waals surface area (Å²) in [4.78, 5) is 34.7. The van der Waals surface area contributed by atoms with Crippen molar-refractivity contribution in [3.63, 3.8) is 0 Å². The first-order chi connectivity index (χ1) is 17.1. The Morgan fingerprint density at radius 1 is 1.31 bits per heavy atom. The number of hydrogen-bond acceptors (Lipinski definition) is 9. The van der Waals surface area contributed by atoms with E-state index in [9.17, 15) is 9.59 Å². The predicted molar refractivity (Wildman–Crippen MR) is 128 cm³/mol. The molecule has 0 unspecified atom stereocenters. The van der Waals surface area contributed by atoms with E-state index in [0.29, 0.717) is 22.8 Å². The molecule has 2 atom stereocenters. The number of carbonyl (C=O) groups is 1. The number of hydrogen-bond donors (Lipinski definition) is 3. The second-order valence-electron chi connectivity index (χ2n) is 8.30. The quantitative estimate of drug-likeness (QED) is 0.365. The topological polar surface area (TPSA) is 141 Å². The van der Waals surface area contributed by atoms with Crippen molar-refractivity contribution in [1.82, 2.24) is 29.5 Å². The van der Waals surface area contributed by atoms with Gasteiger partial charge in [0.05, 0.1) is 18.5 Å². The number of anilines is 3. The molecule has 1 saturated carbocycles. The zero-order chi connectivity index (χ0) is 24.4. The summed E-state index contributed by atoms with van der Waals surface area (Å²) < 4.78 is 13.6. The van der Waals surface area contributed by atoms with Crippen molar-refractivity contribution < 1.29 is 13.9 Å². The van der Waals surface area contributed by atoms with E-state index in [1.165, 1.54) is 23.2 Å². The van der Waals surface area contributed by atoms with Gasteiger partial charge in [0, 0.05) is 32.5 Å². The molecule has 1 aliphatic carbocycles. The van der Waals surface area contributed by atoms with Crippen LogP contribution in [0.15, 0.2) is 52.3 Å². The molecule has 182 valence electrons. The molecule has 1 aliphatic rings. The molecule has 4 aromatic rings. The molecule has 1 amide bonds. The number of nitrogens with one attached hydrogen (secondary N) is 3. The van der Waals surface area contributed by atoms with Crippen molar-refractivity contribution in [2.45, 2.75) is 37.8 Å². The third kappa shape index (κ3) is 4.47. The van der Waals surface area contributed by atoms with Crippen LogP contribution in [-0.2, 0) is 4.74 Å². The monoisotopic (exact) mass is 478 g/mol. The van der Waals surface area contributed by atoms with Crippen LogP contribution in [0.2, 0.25) is 0 Å². The Labute approximate surface area is 200 Å². The van der Waals surface area contributed by atoms with Crippen LogP contribution < -0.4 is 21.5 Å². The lowest BCUT2D eigenvalue weighted by Crippen LogP contribution is -2.40. The zero-order valence-electron chi connectivity index (χ0n) is 19.4. The van der Waals surface area contributed by atoms with Gasteiger partial charge in [0.1, 0.15) is 29.1 Å². The molecule has 12 heteroatoms. The molecule has 0 saturated heterocycles. The van der Waals surface area contributed by atoms with E-state index in [0.717, 1.165) is 25.7 Å². The average Bonchev–Trinajstić information content (AvgIpc) is 3.55. The third-order valence-corrected chi connectivity index (χ3v) is 6.10. The fourth-order valence-electron chi connectivity index (χ4n) is 4.33. The van der Waals surface area contributed by atoms with Gasteiger partial charge in [-0.25, -0.2) is 14.5 Å². The highest BCUT2D eigenvalue weighted by Crippen LogP contribution is 2.23. The number of aromatic nitrogens is 5. The minimum Gasteiger partial charge on any atom is -0.432 e. The number of ether oxygens (including phenoxy) is 1. The van der Waals surface area contributed by atoms with E-state index < -0.39 is 0 Å². The molecule has 0 spiro atoms. The molecule has 0 bridgehead atoms. The summed E-state index contributed by atoms with van der Waals surface area (Å²) in [5.41, 5.74) is 0.608. The fraction of sp³-hybridized carbons (Fsp3) is 0.348. The van der Waals surface area contributed by atoms with E-state index >= 15 is 0 Å². The van der Waals surface area contributed by atoms with Crippen LogP contribution in [0.3, 0.4) is 0 Å². The van der Waals surface area contributed by atoms with Crippen LogP contribution in [-0.4, -0.2) is 56.4 Å². The van der Waals surface area contributed by atoms with E-state index in [1.54, 1.807) is 43.1 Å². The molecule has 12 nitrogen and oxygen atoms in total. The van der Waals surface area contributed by atoms with Crippen LogP contribution in [0.4, 0.5) is 17.3 Å². The van der Waals surface area contributed by atoms with Gasteiger partial charge in [-0.3, -0.25) is 9.59 Å². The molecule has 0 aliphatic heterocycles. The lowest BCUT2D eigenvalue weighted by molar-refractivity contribution is 0.0563. The Balaban J connectivity index is 1.45. The van der Waals surface area contributed by atoms with Gasteiger partial charge in [0.25, 0.3) is 11.5 Å². The molecule has 4 aromatic heterocycles. The minimum absolute atomic E-state index is 0.0271. The van der Waals surface area contributed by atoms with Gasteiger partial charge in [0.2, 0.25) is 0 Å². The van der Waals surface area contributed by atoms with E-state index in [2.05, 4.69) is 31.0 Å². The van der Waals surface area contributed by atoms with Gasteiger partial charge in [-0.05, 0) is 37.8 Å². The lowest BCUT2D eigenvalue weighted by atomic mass is 9.92. The Kier molecular flexibility index (Phi) is 6.19. The van der Waals surface area contributed by atoms with Crippen LogP contribution in [0.5, 0.6) is 0 Å². The molecule has 0 aromatic carbocycles. The molecule has 35 heavy (non-hydrogen) atoms. The smallest absolute Gasteiger partial charge is 0.308 e. The molecule has 0 radical (unpaired) electrons. The highest BCUT2D eigenvalue weighted by Gasteiger charge is 2.25. The van der Waals surface area contributed by atoms with Gasteiger partial charge in [-0.15, -0.1) is 0 Å².